The van der Waals surface area contributed by atoms with Crippen molar-refractivity contribution in [1.29, 1.82) is 0 Å². The molecule has 40 heteroatoms. The maximum absolute atomic E-state index is 15.2. The van der Waals surface area contributed by atoms with Crippen molar-refractivity contribution >= 4 is 134 Å². The number of nitrogens with zero attached hydrogens (tertiary/aromatic N) is 2. The second kappa shape index (κ2) is 50.2. The van der Waals surface area contributed by atoms with Gasteiger partial charge in [0.15, 0.2) is 0 Å². The molecule has 1 fully saturated rings. The minimum atomic E-state index is -1.46. The molecular formula is C84H114N22O16S2. The Bertz CT molecular complexity index is 4770. The van der Waals surface area contributed by atoms with E-state index in [-0.39, 0.29) is 83.0 Å². The largest absolute Gasteiger partial charge is 0.508 e. The van der Waals surface area contributed by atoms with Crippen molar-refractivity contribution in [1.82, 2.24) is 94.0 Å². The Morgan fingerprint density at radius 3 is 1.47 bits per heavy atom. The Kier molecular flexibility index (Phi) is 39.3. The predicted molar refractivity (Wildman–Crippen MR) is 467 cm³/mol. The highest BCUT2D eigenvalue weighted by molar-refractivity contribution is 7.98. The van der Waals surface area contributed by atoms with Crippen LogP contribution in [0.5, 0.6) is 5.75 Å². The summed E-state index contributed by atoms with van der Waals surface area (Å²) in [6, 6.07) is 15.5. The van der Waals surface area contributed by atoms with Crippen LogP contribution in [0.15, 0.2) is 128 Å². The SMILES string of the molecule is CSCC[C@@H](NC(=O)[C@@H](C)NC(=O)[C@@H](Cc1c[nH]c2ccccc12)NC(=O)[C@H]1CCCN1C(=O)[C@@H](Cc1c[nH]cn1)NC(=O)[C@@H](Cc1c[nH]c2ccccc12)NC(=O)[C@H](N)Cc1ccccc1)C(=O)N[C@H](CCSC)C(=O)N[C@H](Cc1ccc(O)cc1)C(=O)N[C@H](CCCCN)C(=O)NCC(=O)NCC(=O)NCC(=O)NCC(=O)N[C@H](CCCCN)C(N)=O. The Labute approximate surface area is 725 Å². The predicted octanol–water partition coefficient (Wildman–Crippen LogP) is -1.99. The molecule has 0 radical (unpaired) electrons. The minimum Gasteiger partial charge on any atom is -0.508 e. The summed E-state index contributed by atoms with van der Waals surface area (Å²) in [5, 5.41) is 45.7. The molecular weight excluding hydrogens is 1640 g/mol. The highest BCUT2D eigenvalue weighted by Gasteiger charge is 2.42. The summed E-state index contributed by atoms with van der Waals surface area (Å²) in [6.07, 6.45) is 12.2. The number of aromatic nitrogens is 4. The van der Waals surface area contributed by atoms with Crippen LogP contribution in [0, 0.1) is 0 Å². The van der Waals surface area contributed by atoms with Gasteiger partial charge < -0.3 is 117 Å². The lowest BCUT2D eigenvalue weighted by Gasteiger charge is -2.31. The summed E-state index contributed by atoms with van der Waals surface area (Å²) in [5.41, 5.74) is 27.6. The fourth-order valence-corrected chi connectivity index (χ4v) is 14.9. The number of phenolic OH excluding ortho intramolecular Hbond substituents is 1. The first kappa shape index (κ1) is 97.1. The molecule has 0 unspecified atom stereocenters. The van der Waals surface area contributed by atoms with Crippen LogP contribution in [0.2, 0.25) is 0 Å². The fraction of sp³-hybridized carbons (Fsp3) is 0.452. The van der Waals surface area contributed by atoms with E-state index in [1.54, 1.807) is 37.2 Å². The Morgan fingerprint density at radius 1 is 0.468 bits per heavy atom. The summed E-state index contributed by atoms with van der Waals surface area (Å²) in [6.45, 7) is -0.404. The Balaban J connectivity index is 0.920. The number of para-hydroxylation sites is 2. The van der Waals surface area contributed by atoms with Crippen molar-refractivity contribution in [2.24, 2.45) is 22.9 Å². The number of aromatic amines is 3. The van der Waals surface area contributed by atoms with Crippen LogP contribution in [-0.2, 0) is 104 Å². The number of carbonyl (C=O) groups is 15. The van der Waals surface area contributed by atoms with Gasteiger partial charge in [-0.05, 0) is 161 Å². The van der Waals surface area contributed by atoms with Gasteiger partial charge in [0, 0.05) is 72.6 Å². The average Bonchev–Trinajstić information content (AvgIpc) is 1.56. The quantitative estimate of drug-likeness (QED) is 0.0184. The lowest BCUT2D eigenvalue weighted by molar-refractivity contribution is -0.142. The molecule has 15 amide bonds. The number of thioether (sulfide) groups is 2. The normalized spacial score (nSPS) is 14.8. The molecule has 3 aromatic heterocycles. The van der Waals surface area contributed by atoms with Crippen molar-refractivity contribution in [2.45, 2.75) is 170 Å². The molecule has 668 valence electrons. The third kappa shape index (κ3) is 30.9. The fourth-order valence-electron chi connectivity index (χ4n) is 13.9. The van der Waals surface area contributed by atoms with E-state index in [9.17, 15) is 67.4 Å². The second-order valence-corrected chi connectivity index (χ2v) is 32.1. The van der Waals surface area contributed by atoms with Gasteiger partial charge in [0.1, 0.15) is 66.2 Å². The Hall–Kier alpha value is -12.4. The molecule has 1 aliphatic rings. The van der Waals surface area contributed by atoms with Gasteiger partial charge in [-0.15, -0.1) is 0 Å². The summed E-state index contributed by atoms with van der Waals surface area (Å²) in [4.78, 5) is 224. The van der Waals surface area contributed by atoms with E-state index in [4.69, 9.17) is 22.9 Å². The van der Waals surface area contributed by atoms with Gasteiger partial charge in [-0.25, -0.2) is 4.98 Å². The van der Waals surface area contributed by atoms with E-state index in [0.29, 0.717) is 72.5 Å². The van der Waals surface area contributed by atoms with E-state index in [2.05, 4.69) is 89.1 Å². The van der Waals surface area contributed by atoms with Crippen LogP contribution in [0.25, 0.3) is 21.8 Å². The van der Waals surface area contributed by atoms with Gasteiger partial charge in [-0.3, -0.25) is 71.9 Å². The van der Waals surface area contributed by atoms with Crippen molar-refractivity contribution in [3.8, 4) is 5.75 Å². The lowest BCUT2D eigenvalue weighted by atomic mass is 10.0. The number of primary amides is 1. The number of fused-ring (bicyclic) bond motifs is 2. The van der Waals surface area contributed by atoms with Crippen LogP contribution in [0.3, 0.4) is 0 Å². The number of carbonyl (C=O) groups excluding carboxylic acids is 15. The number of phenols is 1. The lowest BCUT2D eigenvalue weighted by Crippen LogP contribution is -2.60. The van der Waals surface area contributed by atoms with E-state index in [1.165, 1.54) is 65.9 Å². The first-order valence-corrected chi connectivity index (χ1v) is 43.9. The van der Waals surface area contributed by atoms with Gasteiger partial charge >= 0.3 is 0 Å². The zero-order valence-corrected chi connectivity index (χ0v) is 71.2. The maximum Gasteiger partial charge on any atom is 0.246 e. The molecule has 4 heterocycles. The zero-order valence-electron chi connectivity index (χ0n) is 69.5. The summed E-state index contributed by atoms with van der Waals surface area (Å²) in [5.74, 6) is -11.1. The number of amides is 15. The van der Waals surface area contributed by atoms with Gasteiger partial charge in [-0.2, -0.15) is 23.5 Å². The number of nitrogens with one attached hydrogen (secondary N) is 16. The van der Waals surface area contributed by atoms with Crippen molar-refractivity contribution in [3.05, 3.63) is 156 Å². The summed E-state index contributed by atoms with van der Waals surface area (Å²) < 4.78 is 0. The standard InChI is InChI=1S/C84H114N22O16S2/c1-49(97-80(118)66(38-52-41-90-59-20-9-7-18-56(52)59)104-83(121)69-24-15-33-106(69)84(122)68(40-54-43-89-48-96-54)105-82(120)67(39-53-42-91-60-21-10-8-19-57(53)60)102-76(114)58(87)36-50-16-5-4-6-17-50)75(113)99-63(29-34-123-2)78(116)101-64(30-35-124-3)79(117)103-65(37-51-25-27-55(107)28-26-51)81(119)100-62(23-12-14-32-86)77(115)95-46-72(110)93-44-70(108)92-45-71(109)94-47-73(111)98-61(74(88)112)22-11-13-31-85/h4-10,16-21,25-28,41-43,48-49,58,61-69,90-91,107H,11-15,22-24,29-40,44-47,85-87H2,1-3H3,(H2,88,112)(H,89,96)(H,92,108)(H,93,110)(H,94,109)(H,95,115)(H,97,118)(H,98,111)(H,99,113)(H,100,119)(H,101,116)(H,102,114)(H,103,117)(H,104,121)(H,105,120)/t49-,58-,61-,62-,63-,64-,65-,66-,67-,68-,69-/m1/s1. The highest BCUT2D eigenvalue weighted by Crippen LogP contribution is 2.25. The number of H-pyrrole nitrogens is 3. The van der Waals surface area contributed by atoms with Crippen LogP contribution in [0.1, 0.15) is 99.1 Å². The third-order valence-electron chi connectivity index (χ3n) is 20.7. The molecule has 1 saturated heterocycles. The third-order valence-corrected chi connectivity index (χ3v) is 22.0. The molecule has 0 bridgehead atoms. The van der Waals surface area contributed by atoms with E-state index in [1.807, 2.05) is 72.8 Å². The minimum absolute atomic E-state index is 0.000662. The molecule has 38 nitrogen and oxygen atoms in total. The summed E-state index contributed by atoms with van der Waals surface area (Å²) in [7, 11) is 0. The molecule has 0 saturated carbocycles. The number of rotatable bonds is 52. The van der Waals surface area contributed by atoms with Crippen molar-refractivity contribution < 1.29 is 77.0 Å². The van der Waals surface area contributed by atoms with E-state index in [0.717, 1.165) is 27.4 Å². The number of nitrogens with two attached hydrogens (primary N) is 4. The molecule has 25 N–H and O–H groups in total. The van der Waals surface area contributed by atoms with Crippen LogP contribution < -0.4 is 92.1 Å². The number of hydrogen-bond donors (Lipinski definition) is 21. The first-order chi connectivity index (χ1) is 59.6. The number of likely N-dealkylation sites (tertiary alicyclic amines) is 1. The van der Waals surface area contributed by atoms with Crippen LogP contribution in [0.4, 0.5) is 0 Å². The van der Waals surface area contributed by atoms with Crippen molar-refractivity contribution in [3.63, 3.8) is 0 Å². The number of benzene rings is 4. The average molecular weight is 1750 g/mol. The molecule has 0 aliphatic carbocycles. The Morgan fingerprint density at radius 2 is 0.927 bits per heavy atom. The molecule has 11 atom stereocenters. The van der Waals surface area contributed by atoms with Gasteiger partial charge in [-0.1, -0.05) is 78.9 Å². The number of hydrogen-bond acceptors (Lipinski definition) is 22. The van der Waals surface area contributed by atoms with E-state index < -0.39 is 181 Å². The highest BCUT2D eigenvalue weighted by atomic mass is 32.2. The second-order valence-electron chi connectivity index (χ2n) is 30.1. The topological polar surface area (TPSA) is 600 Å². The van der Waals surface area contributed by atoms with Crippen LogP contribution >= 0.6 is 23.5 Å². The maximum atomic E-state index is 15.2. The van der Waals surface area contributed by atoms with Gasteiger partial charge in [0.05, 0.1) is 44.2 Å². The molecule has 0 spiro atoms. The first-order valence-electron chi connectivity index (χ1n) is 41.1. The number of imidazole rings is 1. The number of unbranched alkanes of at least 4 members (excludes halogenated alkanes) is 2. The molecule has 124 heavy (non-hydrogen) atoms. The van der Waals surface area contributed by atoms with E-state index >= 15 is 9.59 Å². The zero-order chi connectivity index (χ0) is 89.6. The summed E-state index contributed by atoms with van der Waals surface area (Å²) >= 11 is 2.70. The van der Waals surface area contributed by atoms with Gasteiger partial charge in [0.25, 0.3) is 0 Å². The molecule has 1 aliphatic heterocycles. The number of aromatic hydroxyl groups is 1. The molecule has 8 rings (SSSR count). The molecule has 4 aromatic carbocycles. The van der Waals surface area contributed by atoms with Gasteiger partial charge in [0.2, 0.25) is 88.6 Å². The smallest absolute Gasteiger partial charge is 0.246 e. The molecule has 7 aromatic rings. The van der Waals surface area contributed by atoms with Crippen molar-refractivity contribution in [2.75, 3.05) is 69.8 Å². The monoisotopic (exact) mass is 1750 g/mol. The van der Waals surface area contributed by atoms with Crippen LogP contribution in [-0.4, -0.2) is 255 Å².